The molecule has 0 aromatic heterocycles. The van der Waals surface area contributed by atoms with Crippen LogP contribution in [0.1, 0.15) is 44.1 Å². The molecule has 2 aromatic rings. The van der Waals surface area contributed by atoms with Crippen molar-refractivity contribution in [3.05, 3.63) is 59.9 Å². The Labute approximate surface area is 171 Å². The topological polar surface area (TPSA) is 66.5 Å². The molecule has 2 aromatic carbocycles. The first-order valence-electron chi connectivity index (χ1n) is 10.1. The van der Waals surface area contributed by atoms with E-state index < -0.39 is 15.4 Å². The fourth-order valence-corrected chi connectivity index (χ4v) is 5.97. The number of rotatable bonds is 5. The zero-order chi connectivity index (χ0) is 20.5. The Morgan fingerprint density at radius 1 is 0.966 bits per heavy atom. The van der Waals surface area contributed by atoms with Gasteiger partial charge in [0.2, 0.25) is 15.9 Å². The van der Waals surface area contributed by atoms with E-state index in [0.717, 1.165) is 25.7 Å². The largest absolute Gasteiger partial charge is 0.325 e. The van der Waals surface area contributed by atoms with Crippen LogP contribution in [0.3, 0.4) is 0 Å². The number of carbonyl (C=O) groups is 1. The molecular weight excluding hydrogens is 391 g/mol. The van der Waals surface area contributed by atoms with Crippen LogP contribution in [0.25, 0.3) is 0 Å². The number of nitrogens with one attached hydrogen (secondary N) is 1. The third kappa shape index (κ3) is 3.81. The van der Waals surface area contributed by atoms with Gasteiger partial charge in [0.1, 0.15) is 5.82 Å². The van der Waals surface area contributed by atoms with E-state index in [4.69, 9.17) is 0 Å². The molecule has 1 heterocycles. The zero-order valence-electron chi connectivity index (χ0n) is 16.2. The van der Waals surface area contributed by atoms with E-state index in [2.05, 4.69) is 5.32 Å². The maximum absolute atomic E-state index is 13.8. The first-order valence-corrected chi connectivity index (χ1v) is 11.5. The smallest absolute Gasteiger partial charge is 0.243 e. The second kappa shape index (κ2) is 7.88. The van der Waals surface area contributed by atoms with Gasteiger partial charge in [-0.2, -0.15) is 4.31 Å². The highest BCUT2D eigenvalue weighted by atomic mass is 32.2. The molecule has 1 N–H and O–H groups in total. The molecule has 0 radical (unpaired) electrons. The minimum Gasteiger partial charge on any atom is -0.325 e. The van der Waals surface area contributed by atoms with E-state index >= 15 is 0 Å². The Kier molecular flexibility index (Phi) is 5.44. The summed E-state index contributed by atoms with van der Waals surface area (Å²) in [6.45, 7) is 1.11. The number of halogens is 1. The zero-order valence-corrected chi connectivity index (χ0v) is 17.1. The predicted octanol–water partition coefficient (Wildman–Crippen LogP) is 4.06. The summed E-state index contributed by atoms with van der Waals surface area (Å²) < 4.78 is 40.6. The monoisotopic (exact) mass is 416 g/mol. The number of benzene rings is 2. The maximum atomic E-state index is 13.8. The minimum absolute atomic E-state index is 0.171. The van der Waals surface area contributed by atoms with Gasteiger partial charge in [0.25, 0.3) is 0 Å². The summed E-state index contributed by atoms with van der Waals surface area (Å²) in [5.74, 6) is -0.520. The maximum Gasteiger partial charge on any atom is 0.243 e. The third-order valence-corrected chi connectivity index (χ3v) is 8.00. The molecule has 0 spiro atoms. The average Bonchev–Trinajstić information content (AvgIpc) is 3.41. The predicted molar refractivity (Wildman–Crippen MR) is 110 cm³/mol. The van der Waals surface area contributed by atoms with E-state index in [1.807, 2.05) is 0 Å². The number of hydrogen-bond donors (Lipinski definition) is 1. The fraction of sp³-hybridized carbons (Fsp3) is 0.409. The number of amides is 1. The van der Waals surface area contributed by atoms with Gasteiger partial charge in [-0.3, -0.25) is 4.79 Å². The standard InChI is InChI=1S/C22H25FN2O3S/c23-18-7-5-6-17(16-18)22(12-1-2-13-22)21(26)24-19-8-10-20(11-9-19)29(27,28)25-14-3-4-15-25/h5-11,16H,1-4,12-15H2,(H,24,26). The highest BCUT2D eigenvalue weighted by Gasteiger charge is 2.43. The first-order chi connectivity index (χ1) is 13.9. The van der Waals surface area contributed by atoms with Gasteiger partial charge >= 0.3 is 0 Å². The van der Waals surface area contributed by atoms with Gasteiger partial charge in [-0.25, -0.2) is 12.8 Å². The van der Waals surface area contributed by atoms with Gasteiger partial charge in [0, 0.05) is 18.8 Å². The number of sulfonamides is 1. The summed E-state index contributed by atoms with van der Waals surface area (Å²) in [4.78, 5) is 13.4. The SMILES string of the molecule is O=C(Nc1ccc(S(=O)(=O)N2CCCC2)cc1)C1(c2cccc(F)c2)CCCC1. The van der Waals surface area contributed by atoms with Crippen LogP contribution in [0.5, 0.6) is 0 Å². The van der Waals surface area contributed by atoms with Crippen molar-refractivity contribution in [2.75, 3.05) is 18.4 Å². The van der Waals surface area contributed by atoms with Crippen LogP contribution in [0, 0.1) is 5.82 Å². The van der Waals surface area contributed by atoms with E-state index in [1.54, 1.807) is 24.3 Å². The van der Waals surface area contributed by atoms with Gasteiger partial charge in [0.05, 0.1) is 10.3 Å². The number of carbonyl (C=O) groups excluding carboxylic acids is 1. The molecule has 0 bridgehead atoms. The van der Waals surface area contributed by atoms with Gasteiger partial charge in [-0.1, -0.05) is 25.0 Å². The van der Waals surface area contributed by atoms with E-state index in [9.17, 15) is 17.6 Å². The first kappa shape index (κ1) is 20.0. The van der Waals surface area contributed by atoms with Crippen molar-refractivity contribution in [1.82, 2.24) is 4.31 Å². The van der Waals surface area contributed by atoms with Crippen LogP contribution in [0.2, 0.25) is 0 Å². The lowest BCUT2D eigenvalue weighted by Crippen LogP contribution is -2.38. The number of anilines is 1. The molecule has 0 atom stereocenters. The van der Waals surface area contributed by atoms with Crippen molar-refractivity contribution in [3.8, 4) is 0 Å². The molecule has 4 rings (SSSR count). The Morgan fingerprint density at radius 2 is 1.62 bits per heavy atom. The van der Waals surface area contributed by atoms with Crippen molar-refractivity contribution in [2.45, 2.75) is 48.8 Å². The van der Waals surface area contributed by atoms with Gasteiger partial charge < -0.3 is 5.32 Å². The van der Waals surface area contributed by atoms with E-state index in [1.165, 1.54) is 28.6 Å². The fourth-order valence-electron chi connectivity index (χ4n) is 4.45. The van der Waals surface area contributed by atoms with Crippen LogP contribution >= 0.6 is 0 Å². The molecule has 2 fully saturated rings. The molecule has 0 unspecified atom stereocenters. The molecule has 2 aliphatic rings. The summed E-state index contributed by atoms with van der Waals surface area (Å²) in [5.41, 5.74) is 0.487. The molecule has 1 aliphatic heterocycles. The van der Waals surface area contributed by atoms with Crippen molar-refractivity contribution in [1.29, 1.82) is 0 Å². The number of nitrogens with zero attached hydrogens (tertiary/aromatic N) is 1. The van der Waals surface area contributed by atoms with Crippen LogP contribution in [0.15, 0.2) is 53.4 Å². The quantitative estimate of drug-likeness (QED) is 0.799. The molecule has 5 nitrogen and oxygen atoms in total. The molecule has 1 amide bonds. The molecular formula is C22H25FN2O3S. The van der Waals surface area contributed by atoms with E-state index in [-0.39, 0.29) is 16.6 Å². The summed E-state index contributed by atoms with van der Waals surface area (Å²) >= 11 is 0. The van der Waals surface area contributed by atoms with Crippen LogP contribution < -0.4 is 5.32 Å². The molecule has 154 valence electrons. The van der Waals surface area contributed by atoms with Gasteiger partial charge in [-0.05, 0) is 67.6 Å². The average molecular weight is 417 g/mol. The highest BCUT2D eigenvalue weighted by Crippen LogP contribution is 2.42. The third-order valence-electron chi connectivity index (χ3n) is 6.08. The lowest BCUT2D eigenvalue weighted by atomic mass is 9.78. The summed E-state index contributed by atoms with van der Waals surface area (Å²) in [6.07, 6.45) is 4.94. The summed E-state index contributed by atoms with van der Waals surface area (Å²) in [6, 6.07) is 12.6. The second-order valence-corrected chi connectivity index (χ2v) is 9.83. The lowest BCUT2D eigenvalue weighted by Gasteiger charge is -2.28. The molecule has 7 heteroatoms. The summed E-state index contributed by atoms with van der Waals surface area (Å²) in [5, 5.41) is 2.92. The van der Waals surface area contributed by atoms with Crippen LogP contribution in [0.4, 0.5) is 10.1 Å². The Morgan fingerprint density at radius 3 is 2.24 bits per heavy atom. The lowest BCUT2D eigenvalue weighted by molar-refractivity contribution is -0.121. The molecule has 1 aliphatic carbocycles. The van der Waals surface area contributed by atoms with Gasteiger partial charge in [0.15, 0.2) is 0 Å². The molecule has 1 saturated heterocycles. The van der Waals surface area contributed by atoms with Crippen molar-refractivity contribution in [2.24, 2.45) is 0 Å². The Bertz CT molecular complexity index is 993. The van der Waals surface area contributed by atoms with Crippen molar-refractivity contribution in [3.63, 3.8) is 0 Å². The second-order valence-electron chi connectivity index (χ2n) is 7.89. The Balaban J connectivity index is 1.54. The van der Waals surface area contributed by atoms with Crippen LogP contribution in [-0.4, -0.2) is 31.7 Å². The Hall–Kier alpha value is -2.25. The van der Waals surface area contributed by atoms with Gasteiger partial charge in [-0.15, -0.1) is 0 Å². The summed E-state index contributed by atoms with van der Waals surface area (Å²) in [7, 11) is -3.48. The normalized spacial score (nSPS) is 19.3. The molecule has 1 saturated carbocycles. The van der Waals surface area contributed by atoms with Crippen molar-refractivity contribution < 1.29 is 17.6 Å². The molecule has 29 heavy (non-hydrogen) atoms. The van der Waals surface area contributed by atoms with Crippen molar-refractivity contribution >= 4 is 21.6 Å². The van der Waals surface area contributed by atoms with Crippen LogP contribution in [-0.2, 0) is 20.2 Å². The highest BCUT2D eigenvalue weighted by molar-refractivity contribution is 7.89. The minimum atomic E-state index is -3.48. The van der Waals surface area contributed by atoms with E-state index in [0.29, 0.717) is 37.2 Å². The number of hydrogen-bond acceptors (Lipinski definition) is 3.